The highest BCUT2D eigenvalue weighted by Crippen LogP contribution is 2.23. The molecule has 1 heterocycles. The molecule has 2 aromatic rings. The number of aromatic nitrogens is 2. The van der Waals surface area contributed by atoms with Crippen LogP contribution in [0.25, 0.3) is 0 Å². The maximum absolute atomic E-state index is 5.62. The zero-order valence-corrected chi connectivity index (χ0v) is 11.2. The summed E-state index contributed by atoms with van der Waals surface area (Å²) in [5, 5.41) is 3.28. The lowest BCUT2D eigenvalue weighted by Crippen LogP contribution is -2.06. The Labute approximate surface area is 112 Å². The summed E-state index contributed by atoms with van der Waals surface area (Å²) in [7, 11) is 1.68. The minimum absolute atomic E-state index is 0.482. The van der Waals surface area contributed by atoms with Crippen LogP contribution in [0.4, 0.5) is 11.5 Å². The number of nitrogens with two attached hydrogens (primary N) is 1. The van der Waals surface area contributed by atoms with Crippen LogP contribution in [0.5, 0.6) is 5.75 Å². The first-order valence-corrected chi connectivity index (χ1v) is 6.21. The first-order valence-electron chi connectivity index (χ1n) is 6.21. The van der Waals surface area contributed by atoms with Crippen LogP contribution in [0.15, 0.2) is 30.5 Å². The second-order valence-electron chi connectivity index (χ2n) is 4.13. The van der Waals surface area contributed by atoms with Crippen molar-refractivity contribution in [3.63, 3.8) is 0 Å². The summed E-state index contributed by atoms with van der Waals surface area (Å²) in [5.74, 6) is 2.07. The predicted molar refractivity (Wildman–Crippen MR) is 76.1 cm³/mol. The van der Waals surface area contributed by atoms with Crippen LogP contribution in [0, 0.1) is 0 Å². The Kier molecular flexibility index (Phi) is 4.18. The molecule has 3 N–H and O–H groups in total. The topological polar surface area (TPSA) is 73.1 Å². The fourth-order valence-electron chi connectivity index (χ4n) is 1.85. The molecule has 0 spiro atoms. The van der Waals surface area contributed by atoms with Gasteiger partial charge in [-0.05, 0) is 36.2 Å². The molecule has 19 heavy (non-hydrogen) atoms. The number of hydrogen-bond acceptors (Lipinski definition) is 5. The lowest BCUT2D eigenvalue weighted by atomic mass is 10.1. The lowest BCUT2D eigenvalue weighted by Gasteiger charge is -2.10. The van der Waals surface area contributed by atoms with Crippen LogP contribution in [0.2, 0.25) is 0 Å². The van der Waals surface area contributed by atoms with Crippen LogP contribution in [0.1, 0.15) is 18.3 Å². The molecule has 0 aliphatic rings. The molecule has 0 aliphatic carbocycles. The van der Waals surface area contributed by atoms with E-state index in [0.717, 1.165) is 17.9 Å². The molecule has 5 heteroatoms. The van der Waals surface area contributed by atoms with Crippen molar-refractivity contribution in [3.8, 4) is 5.75 Å². The number of methoxy groups -OCH3 is 1. The maximum Gasteiger partial charge on any atom is 0.149 e. The standard InChI is InChI=1S/C14H18N4O/c1-3-10-8-11(4-5-12(10)19-2)17-9-14-16-7-6-13(15)18-14/h4-8,17H,3,9H2,1-2H3,(H2,15,16,18). The van der Waals surface area contributed by atoms with Crippen molar-refractivity contribution in [1.29, 1.82) is 0 Å². The Morgan fingerprint density at radius 1 is 1.32 bits per heavy atom. The van der Waals surface area contributed by atoms with Crippen molar-refractivity contribution < 1.29 is 4.74 Å². The SMILES string of the molecule is CCc1cc(NCc2nccc(N)n2)ccc1OC. The Morgan fingerprint density at radius 3 is 2.84 bits per heavy atom. The highest BCUT2D eigenvalue weighted by atomic mass is 16.5. The summed E-state index contributed by atoms with van der Waals surface area (Å²) in [5.41, 5.74) is 7.80. The molecular formula is C14H18N4O. The summed E-state index contributed by atoms with van der Waals surface area (Å²) in [6, 6.07) is 7.68. The van der Waals surface area contributed by atoms with E-state index in [0.29, 0.717) is 18.2 Å². The Balaban J connectivity index is 2.07. The van der Waals surface area contributed by atoms with E-state index in [1.807, 2.05) is 12.1 Å². The molecule has 0 aliphatic heterocycles. The second kappa shape index (κ2) is 6.04. The van der Waals surface area contributed by atoms with E-state index < -0.39 is 0 Å². The Bertz CT molecular complexity index is 557. The quantitative estimate of drug-likeness (QED) is 0.860. The van der Waals surface area contributed by atoms with Crippen molar-refractivity contribution in [2.45, 2.75) is 19.9 Å². The van der Waals surface area contributed by atoms with Crippen molar-refractivity contribution in [2.24, 2.45) is 0 Å². The van der Waals surface area contributed by atoms with Gasteiger partial charge >= 0.3 is 0 Å². The van der Waals surface area contributed by atoms with E-state index >= 15 is 0 Å². The fraction of sp³-hybridized carbons (Fsp3) is 0.286. The zero-order chi connectivity index (χ0) is 13.7. The molecule has 0 saturated heterocycles. The molecule has 1 aromatic carbocycles. The average molecular weight is 258 g/mol. The van der Waals surface area contributed by atoms with Gasteiger partial charge in [-0.2, -0.15) is 0 Å². The van der Waals surface area contributed by atoms with Gasteiger partial charge in [0, 0.05) is 11.9 Å². The monoisotopic (exact) mass is 258 g/mol. The van der Waals surface area contributed by atoms with Crippen molar-refractivity contribution in [2.75, 3.05) is 18.2 Å². The molecule has 0 radical (unpaired) electrons. The molecule has 2 rings (SSSR count). The number of rotatable bonds is 5. The van der Waals surface area contributed by atoms with Gasteiger partial charge in [0.2, 0.25) is 0 Å². The lowest BCUT2D eigenvalue weighted by molar-refractivity contribution is 0.410. The highest BCUT2D eigenvalue weighted by Gasteiger charge is 2.03. The molecule has 0 saturated carbocycles. The summed E-state index contributed by atoms with van der Waals surface area (Å²) in [4.78, 5) is 8.30. The molecule has 1 aromatic heterocycles. The highest BCUT2D eigenvalue weighted by molar-refractivity contribution is 5.51. The van der Waals surface area contributed by atoms with E-state index in [4.69, 9.17) is 10.5 Å². The van der Waals surface area contributed by atoms with Crippen LogP contribution in [-0.2, 0) is 13.0 Å². The second-order valence-corrected chi connectivity index (χ2v) is 4.13. The van der Waals surface area contributed by atoms with E-state index in [1.165, 1.54) is 5.56 Å². The maximum atomic E-state index is 5.62. The van der Waals surface area contributed by atoms with E-state index in [-0.39, 0.29) is 0 Å². The van der Waals surface area contributed by atoms with Gasteiger partial charge in [0.1, 0.15) is 17.4 Å². The fourth-order valence-corrected chi connectivity index (χ4v) is 1.85. The van der Waals surface area contributed by atoms with Crippen LogP contribution >= 0.6 is 0 Å². The number of aryl methyl sites for hydroxylation is 1. The van der Waals surface area contributed by atoms with Crippen LogP contribution < -0.4 is 15.8 Å². The van der Waals surface area contributed by atoms with E-state index in [9.17, 15) is 0 Å². The number of ether oxygens (including phenoxy) is 1. The normalized spacial score (nSPS) is 10.2. The molecule has 5 nitrogen and oxygen atoms in total. The molecule has 0 fully saturated rings. The Hall–Kier alpha value is -2.30. The number of nitrogens with zero attached hydrogens (tertiary/aromatic N) is 2. The van der Waals surface area contributed by atoms with Gasteiger partial charge in [0.05, 0.1) is 13.7 Å². The predicted octanol–water partition coefficient (Wildman–Crippen LogP) is 2.24. The first kappa shape index (κ1) is 13.1. The largest absolute Gasteiger partial charge is 0.496 e. The van der Waals surface area contributed by atoms with Gasteiger partial charge in [-0.1, -0.05) is 6.92 Å². The molecule has 0 bridgehead atoms. The van der Waals surface area contributed by atoms with Gasteiger partial charge < -0.3 is 15.8 Å². The van der Waals surface area contributed by atoms with Crippen molar-refractivity contribution in [1.82, 2.24) is 9.97 Å². The number of nitrogen functional groups attached to an aromatic ring is 1. The third-order valence-corrected chi connectivity index (χ3v) is 2.84. The van der Waals surface area contributed by atoms with Crippen LogP contribution in [-0.4, -0.2) is 17.1 Å². The number of anilines is 2. The van der Waals surface area contributed by atoms with Gasteiger partial charge in [-0.3, -0.25) is 0 Å². The minimum Gasteiger partial charge on any atom is -0.496 e. The molecule has 0 unspecified atom stereocenters. The number of hydrogen-bond donors (Lipinski definition) is 2. The van der Waals surface area contributed by atoms with Gasteiger partial charge in [-0.15, -0.1) is 0 Å². The van der Waals surface area contributed by atoms with E-state index in [2.05, 4.69) is 28.3 Å². The molecular weight excluding hydrogens is 240 g/mol. The summed E-state index contributed by atoms with van der Waals surface area (Å²) in [6.07, 6.45) is 2.58. The van der Waals surface area contributed by atoms with Gasteiger partial charge in [-0.25, -0.2) is 9.97 Å². The average Bonchev–Trinajstić information content (AvgIpc) is 2.45. The van der Waals surface area contributed by atoms with Crippen LogP contribution in [0.3, 0.4) is 0 Å². The number of nitrogens with one attached hydrogen (secondary N) is 1. The van der Waals surface area contributed by atoms with Crippen molar-refractivity contribution in [3.05, 3.63) is 41.9 Å². The molecule has 0 amide bonds. The molecule has 100 valence electrons. The third-order valence-electron chi connectivity index (χ3n) is 2.84. The first-order chi connectivity index (χ1) is 9.22. The minimum atomic E-state index is 0.482. The molecule has 0 atom stereocenters. The zero-order valence-electron chi connectivity index (χ0n) is 11.2. The summed E-state index contributed by atoms with van der Waals surface area (Å²) in [6.45, 7) is 2.64. The summed E-state index contributed by atoms with van der Waals surface area (Å²) >= 11 is 0. The smallest absolute Gasteiger partial charge is 0.149 e. The third kappa shape index (κ3) is 3.34. The summed E-state index contributed by atoms with van der Waals surface area (Å²) < 4.78 is 5.30. The van der Waals surface area contributed by atoms with Gasteiger partial charge in [0.15, 0.2) is 0 Å². The Morgan fingerprint density at radius 2 is 2.16 bits per heavy atom. The van der Waals surface area contributed by atoms with Gasteiger partial charge in [0.25, 0.3) is 0 Å². The van der Waals surface area contributed by atoms with E-state index in [1.54, 1.807) is 19.4 Å². The number of benzene rings is 1. The van der Waals surface area contributed by atoms with Crippen molar-refractivity contribution >= 4 is 11.5 Å².